The average Bonchev–Trinajstić information content (AvgIpc) is 2.69. The molecular formula is C21H23N5O2. The van der Waals surface area contributed by atoms with Crippen LogP contribution in [0.15, 0.2) is 54.7 Å². The van der Waals surface area contributed by atoms with E-state index in [4.69, 9.17) is 4.74 Å². The van der Waals surface area contributed by atoms with Crippen LogP contribution in [0.25, 0.3) is 0 Å². The molecule has 0 aliphatic rings. The van der Waals surface area contributed by atoms with Crippen molar-refractivity contribution in [2.75, 3.05) is 17.2 Å². The maximum atomic E-state index is 12.1. The molecule has 1 aromatic heterocycles. The number of hydrogen-bond acceptors (Lipinski definition) is 7. The molecule has 0 bridgehead atoms. The van der Waals surface area contributed by atoms with Gasteiger partial charge in [0.2, 0.25) is 5.95 Å². The fraction of sp³-hybridized carbons (Fsp3) is 0.238. The first-order valence-electron chi connectivity index (χ1n) is 9.17. The minimum Gasteiger partial charge on any atom is -0.462 e. The number of nitrogens with one attached hydrogen (secondary N) is 2. The van der Waals surface area contributed by atoms with Crippen LogP contribution in [0.2, 0.25) is 0 Å². The first-order valence-corrected chi connectivity index (χ1v) is 9.17. The minimum absolute atomic E-state index is 0.281. The lowest BCUT2D eigenvalue weighted by molar-refractivity contribution is 0.0527. The highest BCUT2D eigenvalue weighted by atomic mass is 16.5. The Kier molecular flexibility index (Phi) is 6.16. The normalized spacial score (nSPS) is 10.6. The van der Waals surface area contributed by atoms with Crippen molar-refractivity contribution in [2.24, 2.45) is 0 Å². The lowest BCUT2D eigenvalue weighted by atomic mass is 10.0. The zero-order valence-electron chi connectivity index (χ0n) is 16.1. The lowest BCUT2D eigenvalue weighted by Gasteiger charge is -2.14. The predicted molar refractivity (Wildman–Crippen MR) is 109 cm³/mol. The fourth-order valence-electron chi connectivity index (χ4n) is 2.77. The molecular weight excluding hydrogens is 354 g/mol. The molecule has 0 spiro atoms. The van der Waals surface area contributed by atoms with E-state index >= 15 is 0 Å². The second-order valence-corrected chi connectivity index (χ2v) is 6.42. The van der Waals surface area contributed by atoms with Crippen LogP contribution < -0.4 is 10.6 Å². The van der Waals surface area contributed by atoms with Crippen molar-refractivity contribution in [1.82, 2.24) is 15.2 Å². The number of esters is 1. The van der Waals surface area contributed by atoms with Crippen molar-refractivity contribution in [3.63, 3.8) is 0 Å². The Hall–Kier alpha value is -3.48. The van der Waals surface area contributed by atoms with E-state index in [2.05, 4.69) is 45.7 Å². The van der Waals surface area contributed by atoms with Gasteiger partial charge in [-0.05, 0) is 36.6 Å². The Bertz CT molecular complexity index is 959. The maximum Gasteiger partial charge on any atom is 0.340 e. The van der Waals surface area contributed by atoms with Gasteiger partial charge in [0, 0.05) is 5.69 Å². The van der Waals surface area contributed by atoms with E-state index in [0.717, 1.165) is 5.69 Å². The van der Waals surface area contributed by atoms with Crippen molar-refractivity contribution in [3.8, 4) is 0 Å². The van der Waals surface area contributed by atoms with Crippen LogP contribution in [0.5, 0.6) is 0 Å². The van der Waals surface area contributed by atoms with Crippen LogP contribution >= 0.6 is 0 Å². The van der Waals surface area contributed by atoms with Crippen LogP contribution in [0, 0.1) is 0 Å². The molecule has 0 amide bonds. The third-order valence-electron chi connectivity index (χ3n) is 4.07. The highest BCUT2D eigenvalue weighted by molar-refractivity contribution is 5.96. The van der Waals surface area contributed by atoms with Crippen LogP contribution in [0.1, 0.15) is 42.6 Å². The van der Waals surface area contributed by atoms with Gasteiger partial charge in [-0.25, -0.2) is 4.79 Å². The maximum absolute atomic E-state index is 12.1. The molecule has 3 rings (SSSR count). The average molecular weight is 377 g/mol. The molecule has 0 fully saturated rings. The summed E-state index contributed by atoms with van der Waals surface area (Å²) in [4.78, 5) is 16.6. The van der Waals surface area contributed by atoms with Crippen LogP contribution in [0.3, 0.4) is 0 Å². The summed E-state index contributed by atoms with van der Waals surface area (Å²) in [6.45, 7) is 6.35. The van der Waals surface area contributed by atoms with Crippen molar-refractivity contribution < 1.29 is 9.53 Å². The number of benzene rings is 2. The summed E-state index contributed by atoms with van der Waals surface area (Å²) < 4.78 is 5.10. The van der Waals surface area contributed by atoms with Crippen molar-refractivity contribution >= 4 is 29.1 Å². The SMILES string of the molecule is CCOC(=O)c1ccccc1Nc1nncc(Nc2ccccc2C(C)C)n1. The third kappa shape index (κ3) is 4.62. The van der Waals surface area contributed by atoms with Crippen molar-refractivity contribution in [2.45, 2.75) is 26.7 Å². The highest BCUT2D eigenvalue weighted by Crippen LogP contribution is 2.26. The summed E-state index contributed by atoms with van der Waals surface area (Å²) in [7, 11) is 0. The number of aromatic nitrogens is 3. The minimum atomic E-state index is -0.404. The first-order chi connectivity index (χ1) is 13.6. The summed E-state index contributed by atoms with van der Waals surface area (Å²) >= 11 is 0. The quantitative estimate of drug-likeness (QED) is 0.579. The van der Waals surface area contributed by atoms with E-state index < -0.39 is 5.97 Å². The molecule has 2 aromatic carbocycles. The molecule has 2 N–H and O–H groups in total. The molecule has 0 saturated heterocycles. The molecule has 1 heterocycles. The molecule has 144 valence electrons. The second kappa shape index (κ2) is 8.94. The van der Waals surface area contributed by atoms with E-state index in [1.54, 1.807) is 31.3 Å². The molecule has 7 nitrogen and oxygen atoms in total. The van der Waals surface area contributed by atoms with Gasteiger partial charge in [0.1, 0.15) is 0 Å². The number of carbonyl (C=O) groups is 1. The number of hydrogen-bond donors (Lipinski definition) is 2. The molecule has 28 heavy (non-hydrogen) atoms. The Balaban J connectivity index is 1.83. The Morgan fingerprint density at radius 3 is 2.50 bits per heavy atom. The first kappa shape index (κ1) is 19.3. The van der Waals surface area contributed by atoms with Crippen molar-refractivity contribution in [1.29, 1.82) is 0 Å². The summed E-state index contributed by atoms with van der Waals surface area (Å²) in [6, 6.07) is 15.1. The molecule has 3 aromatic rings. The van der Waals surface area contributed by atoms with Gasteiger partial charge in [0.05, 0.1) is 24.1 Å². The van der Waals surface area contributed by atoms with Gasteiger partial charge in [0.15, 0.2) is 5.82 Å². The molecule has 0 atom stereocenters. The Morgan fingerprint density at radius 1 is 1.04 bits per heavy atom. The van der Waals surface area contributed by atoms with Crippen LogP contribution in [0.4, 0.5) is 23.1 Å². The van der Waals surface area contributed by atoms with E-state index in [9.17, 15) is 4.79 Å². The molecule has 7 heteroatoms. The number of para-hydroxylation sites is 2. The third-order valence-corrected chi connectivity index (χ3v) is 4.07. The van der Waals surface area contributed by atoms with E-state index in [1.165, 1.54) is 5.56 Å². The van der Waals surface area contributed by atoms with Gasteiger partial charge in [-0.1, -0.05) is 44.2 Å². The molecule has 0 aliphatic carbocycles. The van der Waals surface area contributed by atoms with Gasteiger partial charge >= 0.3 is 5.97 Å². The predicted octanol–water partition coefficient (Wildman–Crippen LogP) is 4.66. The molecule has 0 aliphatic heterocycles. The fourth-order valence-corrected chi connectivity index (χ4v) is 2.77. The second-order valence-electron chi connectivity index (χ2n) is 6.42. The standard InChI is InChI=1S/C21H23N5O2/c1-4-28-20(27)16-10-6-8-12-18(16)24-21-25-19(13-22-26-21)23-17-11-7-5-9-15(17)14(2)3/h5-14H,4H2,1-3H3,(H2,23,24,25,26). The molecule has 0 radical (unpaired) electrons. The number of ether oxygens (including phenoxy) is 1. The molecule has 0 saturated carbocycles. The summed E-state index contributed by atoms with van der Waals surface area (Å²) in [6.07, 6.45) is 1.56. The van der Waals surface area contributed by atoms with E-state index in [1.807, 2.05) is 24.3 Å². The topological polar surface area (TPSA) is 89.0 Å². The van der Waals surface area contributed by atoms with Gasteiger partial charge in [-0.15, -0.1) is 5.10 Å². The zero-order valence-corrected chi connectivity index (χ0v) is 16.1. The number of anilines is 4. The highest BCUT2D eigenvalue weighted by Gasteiger charge is 2.13. The lowest BCUT2D eigenvalue weighted by Crippen LogP contribution is -2.09. The van der Waals surface area contributed by atoms with Gasteiger partial charge in [-0.3, -0.25) is 0 Å². The van der Waals surface area contributed by atoms with E-state index in [-0.39, 0.29) is 5.95 Å². The number of nitrogens with zero attached hydrogens (tertiary/aromatic N) is 3. The monoisotopic (exact) mass is 377 g/mol. The van der Waals surface area contributed by atoms with Crippen LogP contribution in [-0.2, 0) is 4.74 Å². The molecule has 0 unspecified atom stereocenters. The summed E-state index contributed by atoms with van der Waals surface area (Å²) in [5.41, 5.74) is 3.12. The Labute approximate surface area is 164 Å². The van der Waals surface area contributed by atoms with E-state index in [0.29, 0.717) is 29.6 Å². The number of carbonyl (C=O) groups excluding carboxylic acids is 1. The summed E-state index contributed by atoms with van der Waals surface area (Å²) in [5, 5.41) is 14.4. The van der Waals surface area contributed by atoms with Crippen molar-refractivity contribution in [3.05, 3.63) is 65.9 Å². The smallest absolute Gasteiger partial charge is 0.340 e. The summed E-state index contributed by atoms with van der Waals surface area (Å²) in [5.74, 6) is 0.800. The Morgan fingerprint density at radius 2 is 1.75 bits per heavy atom. The largest absolute Gasteiger partial charge is 0.462 e. The van der Waals surface area contributed by atoms with Gasteiger partial charge in [-0.2, -0.15) is 10.1 Å². The zero-order chi connectivity index (χ0) is 19.9. The van der Waals surface area contributed by atoms with Gasteiger partial charge < -0.3 is 15.4 Å². The van der Waals surface area contributed by atoms with Crippen LogP contribution in [-0.4, -0.2) is 27.8 Å². The van der Waals surface area contributed by atoms with Gasteiger partial charge in [0.25, 0.3) is 0 Å². The number of rotatable bonds is 7.